The molecule has 8 heteroatoms. The van der Waals surface area contributed by atoms with Crippen molar-refractivity contribution in [2.75, 3.05) is 5.32 Å². The topological polar surface area (TPSA) is 72.7 Å². The number of thioether (sulfide) groups is 1. The Morgan fingerprint density at radius 1 is 1.20 bits per heavy atom. The normalized spacial score (nSPS) is 12.0. The quantitative estimate of drug-likeness (QED) is 0.689. The van der Waals surface area contributed by atoms with Crippen LogP contribution in [0.1, 0.15) is 12.5 Å². The number of carbonyl (C=O) groups excluding carboxylic acids is 1. The lowest BCUT2D eigenvalue weighted by Gasteiger charge is -2.13. The molecule has 0 aliphatic carbocycles. The van der Waals surface area contributed by atoms with E-state index in [1.165, 1.54) is 11.8 Å². The van der Waals surface area contributed by atoms with E-state index in [2.05, 4.69) is 20.8 Å². The summed E-state index contributed by atoms with van der Waals surface area (Å²) >= 11 is 7.37. The van der Waals surface area contributed by atoms with Crippen LogP contribution in [0.15, 0.2) is 53.7 Å². The van der Waals surface area contributed by atoms with Crippen LogP contribution >= 0.6 is 23.4 Å². The lowest BCUT2D eigenvalue weighted by molar-refractivity contribution is -0.115. The lowest BCUT2D eigenvalue weighted by Crippen LogP contribution is -2.23. The molecule has 3 rings (SSSR count). The molecular formula is C17H16ClN5OS. The zero-order chi connectivity index (χ0) is 17.8. The molecule has 0 spiro atoms. The van der Waals surface area contributed by atoms with Crippen molar-refractivity contribution in [1.82, 2.24) is 20.2 Å². The second-order valence-electron chi connectivity index (χ2n) is 5.39. The average molecular weight is 374 g/mol. The third-order valence-corrected chi connectivity index (χ3v) is 4.93. The van der Waals surface area contributed by atoms with E-state index in [9.17, 15) is 4.79 Å². The number of tetrazole rings is 1. The van der Waals surface area contributed by atoms with Crippen LogP contribution in [0, 0.1) is 6.92 Å². The SMILES string of the molecule is Cc1ccccc1-n1nnnc1S[C@H](C)C(=O)Nc1ccccc1Cl. The molecule has 0 unspecified atom stereocenters. The Kier molecular flexibility index (Phi) is 5.35. The predicted molar refractivity (Wildman–Crippen MR) is 99.3 cm³/mol. The highest BCUT2D eigenvalue weighted by Gasteiger charge is 2.20. The van der Waals surface area contributed by atoms with Crippen LogP contribution in [-0.4, -0.2) is 31.4 Å². The van der Waals surface area contributed by atoms with E-state index >= 15 is 0 Å². The van der Waals surface area contributed by atoms with Gasteiger partial charge in [0.25, 0.3) is 0 Å². The summed E-state index contributed by atoms with van der Waals surface area (Å²) in [7, 11) is 0. The van der Waals surface area contributed by atoms with E-state index in [1.54, 1.807) is 23.7 Å². The minimum absolute atomic E-state index is 0.169. The van der Waals surface area contributed by atoms with E-state index in [0.29, 0.717) is 15.9 Å². The fourth-order valence-corrected chi connectivity index (χ4v) is 3.20. The van der Waals surface area contributed by atoms with E-state index in [-0.39, 0.29) is 5.91 Å². The Labute approximate surface area is 154 Å². The van der Waals surface area contributed by atoms with Gasteiger partial charge in [-0.15, -0.1) is 5.10 Å². The highest BCUT2D eigenvalue weighted by atomic mass is 35.5. The second-order valence-corrected chi connectivity index (χ2v) is 7.10. The third kappa shape index (κ3) is 4.00. The largest absolute Gasteiger partial charge is 0.324 e. The molecule has 128 valence electrons. The van der Waals surface area contributed by atoms with E-state index in [1.807, 2.05) is 43.3 Å². The molecule has 1 amide bonds. The lowest BCUT2D eigenvalue weighted by atomic mass is 10.2. The fraction of sp³-hybridized carbons (Fsp3) is 0.176. The molecular weight excluding hydrogens is 358 g/mol. The first-order chi connectivity index (χ1) is 12.1. The molecule has 0 aliphatic rings. The monoisotopic (exact) mass is 373 g/mol. The molecule has 1 heterocycles. The van der Waals surface area contributed by atoms with Crippen molar-refractivity contribution in [2.24, 2.45) is 0 Å². The molecule has 0 fully saturated rings. The molecule has 0 saturated carbocycles. The van der Waals surface area contributed by atoms with Gasteiger partial charge in [-0.25, -0.2) is 0 Å². The van der Waals surface area contributed by atoms with Crippen molar-refractivity contribution >= 4 is 35.0 Å². The highest BCUT2D eigenvalue weighted by Crippen LogP contribution is 2.26. The maximum atomic E-state index is 12.4. The zero-order valence-corrected chi connectivity index (χ0v) is 15.3. The number of aryl methyl sites for hydroxylation is 1. The van der Waals surface area contributed by atoms with Gasteiger partial charge in [-0.3, -0.25) is 4.79 Å². The summed E-state index contributed by atoms with van der Waals surface area (Å²) in [6.07, 6.45) is 0. The van der Waals surface area contributed by atoms with Crippen LogP contribution < -0.4 is 5.32 Å². The van der Waals surface area contributed by atoms with Crippen LogP contribution in [0.3, 0.4) is 0 Å². The van der Waals surface area contributed by atoms with Gasteiger partial charge >= 0.3 is 0 Å². The first kappa shape index (κ1) is 17.4. The van der Waals surface area contributed by atoms with Crippen molar-refractivity contribution in [3.8, 4) is 5.69 Å². The van der Waals surface area contributed by atoms with Crippen LogP contribution in [0.4, 0.5) is 5.69 Å². The number of rotatable bonds is 5. The Bertz CT molecular complexity index is 898. The number of para-hydroxylation sites is 2. The second kappa shape index (κ2) is 7.67. The van der Waals surface area contributed by atoms with Gasteiger partial charge in [0, 0.05) is 0 Å². The van der Waals surface area contributed by atoms with E-state index in [4.69, 9.17) is 11.6 Å². The number of nitrogens with zero attached hydrogens (tertiary/aromatic N) is 4. The minimum Gasteiger partial charge on any atom is -0.324 e. The Balaban J connectivity index is 1.75. The van der Waals surface area contributed by atoms with E-state index in [0.717, 1.165) is 11.3 Å². The first-order valence-corrected chi connectivity index (χ1v) is 8.88. The highest BCUT2D eigenvalue weighted by molar-refractivity contribution is 8.00. The number of halogens is 1. The molecule has 0 radical (unpaired) electrons. The molecule has 0 saturated heterocycles. The average Bonchev–Trinajstić information content (AvgIpc) is 3.05. The van der Waals surface area contributed by atoms with Crippen molar-refractivity contribution in [3.05, 3.63) is 59.1 Å². The molecule has 0 aliphatic heterocycles. The van der Waals surface area contributed by atoms with Crippen LogP contribution in [0.5, 0.6) is 0 Å². The van der Waals surface area contributed by atoms with Gasteiger partial charge < -0.3 is 5.32 Å². The van der Waals surface area contributed by atoms with Crippen LogP contribution in [-0.2, 0) is 4.79 Å². The Morgan fingerprint density at radius 2 is 1.92 bits per heavy atom. The van der Waals surface area contributed by atoms with Gasteiger partial charge in [0.05, 0.1) is 21.6 Å². The fourth-order valence-electron chi connectivity index (χ4n) is 2.21. The van der Waals surface area contributed by atoms with Gasteiger partial charge in [-0.05, 0) is 48.0 Å². The summed E-state index contributed by atoms with van der Waals surface area (Å²) in [5, 5.41) is 15.3. The first-order valence-electron chi connectivity index (χ1n) is 7.62. The van der Waals surface area contributed by atoms with Crippen molar-refractivity contribution in [2.45, 2.75) is 24.3 Å². The Morgan fingerprint density at radius 3 is 2.68 bits per heavy atom. The smallest absolute Gasteiger partial charge is 0.237 e. The molecule has 2 aromatic carbocycles. The van der Waals surface area contributed by atoms with Gasteiger partial charge in [0.15, 0.2) is 0 Å². The summed E-state index contributed by atoms with van der Waals surface area (Å²) in [4.78, 5) is 12.4. The number of hydrogen-bond acceptors (Lipinski definition) is 5. The van der Waals surface area contributed by atoms with Gasteiger partial charge in [0.2, 0.25) is 11.1 Å². The number of nitrogens with one attached hydrogen (secondary N) is 1. The number of carbonyl (C=O) groups is 1. The summed E-state index contributed by atoms with van der Waals surface area (Å²) in [5.74, 6) is -0.169. The van der Waals surface area contributed by atoms with Gasteiger partial charge in [0.1, 0.15) is 0 Å². The van der Waals surface area contributed by atoms with Crippen molar-refractivity contribution in [1.29, 1.82) is 0 Å². The third-order valence-electron chi connectivity index (χ3n) is 3.57. The van der Waals surface area contributed by atoms with Crippen LogP contribution in [0.25, 0.3) is 5.69 Å². The van der Waals surface area contributed by atoms with Crippen molar-refractivity contribution in [3.63, 3.8) is 0 Å². The van der Waals surface area contributed by atoms with Gasteiger partial charge in [-0.2, -0.15) is 4.68 Å². The maximum Gasteiger partial charge on any atom is 0.237 e. The summed E-state index contributed by atoms with van der Waals surface area (Å²) < 4.78 is 1.64. The molecule has 1 N–H and O–H groups in total. The number of aromatic nitrogens is 4. The molecule has 6 nitrogen and oxygen atoms in total. The molecule has 3 aromatic rings. The van der Waals surface area contributed by atoms with Crippen molar-refractivity contribution < 1.29 is 4.79 Å². The number of benzene rings is 2. The minimum atomic E-state index is -0.398. The molecule has 1 aromatic heterocycles. The van der Waals surface area contributed by atoms with E-state index < -0.39 is 5.25 Å². The predicted octanol–water partition coefficient (Wildman–Crippen LogP) is 3.74. The van der Waals surface area contributed by atoms with Gasteiger partial charge in [-0.1, -0.05) is 53.7 Å². The number of hydrogen-bond donors (Lipinski definition) is 1. The molecule has 0 bridgehead atoms. The summed E-state index contributed by atoms with van der Waals surface area (Å²) in [5.41, 5.74) is 2.51. The summed E-state index contributed by atoms with van der Waals surface area (Å²) in [6.45, 7) is 3.78. The number of amides is 1. The molecule has 1 atom stereocenters. The zero-order valence-electron chi connectivity index (χ0n) is 13.7. The van der Waals surface area contributed by atoms with Crippen LogP contribution in [0.2, 0.25) is 5.02 Å². The maximum absolute atomic E-state index is 12.4. The standard InChI is InChI=1S/C17H16ClN5OS/c1-11-7-3-6-10-15(11)23-17(20-21-22-23)25-12(2)16(24)19-14-9-5-4-8-13(14)18/h3-10,12H,1-2H3,(H,19,24)/t12-/m1/s1. The Hall–Kier alpha value is -2.38. The summed E-state index contributed by atoms with van der Waals surface area (Å²) in [6, 6.07) is 14.9. The molecule has 25 heavy (non-hydrogen) atoms. The number of anilines is 1.